The summed E-state index contributed by atoms with van der Waals surface area (Å²) in [5, 5.41) is 9.48. The van der Waals surface area contributed by atoms with Gasteiger partial charge in [-0.3, -0.25) is 4.79 Å². The van der Waals surface area contributed by atoms with E-state index in [9.17, 15) is 9.90 Å². The van der Waals surface area contributed by atoms with Gasteiger partial charge in [-0.25, -0.2) is 0 Å². The average molecular weight is 299 g/mol. The lowest BCUT2D eigenvalue weighted by molar-refractivity contribution is -0.142. The number of carboxylic acids is 1. The Hall–Kier alpha value is -0.530. The van der Waals surface area contributed by atoms with E-state index in [0.29, 0.717) is 5.92 Å². The van der Waals surface area contributed by atoms with Crippen LogP contribution in [0, 0.1) is 17.8 Å². The Bertz CT molecular complexity index is 250. The van der Waals surface area contributed by atoms with Crippen molar-refractivity contribution in [3.8, 4) is 0 Å². The number of hydrogen-bond acceptors (Lipinski definition) is 1. The fourth-order valence-electron chi connectivity index (χ4n) is 3.21. The van der Waals surface area contributed by atoms with Crippen molar-refractivity contribution < 1.29 is 9.90 Å². The molecule has 0 bridgehead atoms. The standard InChI is InChI=1S/C19H38O2/c1-5-8-9-10-11-13-18(19(20)21)15-17(12-6-2)14-16(4)7-3/h16-18H,5-15H2,1-4H3,(H,20,21). The van der Waals surface area contributed by atoms with Gasteiger partial charge in [0.1, 0.15) is 0 Å². The third-order valence-electron chi connectivity index (χ3n) is 4.75. The Morgan fingerprint density at radius 1 is 0.905 bits per heavy atom. The van der Waals surface area contributed by atoms with Crippen LogP contribution in [0.1, 0.15) is 98.3 Å². The second kappa shape index (κ2) is 13.2. The molecule has 2 nitrogen and oxygen atoms in total. The molecule has 2 heteroatoms. The normalized spacial score (nSPS) is 15.6. The number of hydrogen-bond donors (Lipinski definition) is 1. The molecule has 1 N–H and O–H groups in total. The van der Waals surface area contributed by atoms with Crippen LogP contribution in [0.15, 0.2) is 0 Å². The van der Waals surface area contributed by atoms with Crippen molar-refractivity contribution in [3.05, 3.63) is 0 Å². The summed E-state index contributed by atoms with van der Waals surface area (Å²) in [5.41, 5.74) is 0. The van der Waals surface area contributed by atoms with Gasteiger partial charge in [0.25, 0.3) is 0 Å². The summed E-state index contributed by atoms with van der Waals surface area (Å²) in [6.45, 7) is 8.95. The molecular weight excluding hydrogens is 260 g/mol. The van der Waals surface area contributed by atoms with E-state index >= 15 is 0 Å². The molecule has 126 valence electrons. The van der Waals surface area contributed by atoms with Crippen LogP contribution in [-0.4, -0.2) is 11.1 Å². The highest BCUT2D eigenvalue weighted by molar-refractivity contribution is 5.69. The predicted molar refractivity (Wildman–Crippen MR) is 91.6 cm³/mol. The second-order valence-electron chi connectivity index (χ2n) is 6.88. The van der Waals surface area contributed by atoms with Gasteiger partial charge < -0.3 is 5.11 Å². The van der Waals surface area contributed by atoms with Gasteiger partial charge in [-0.2, -0.15) is 0 Å². The summed E-state index contributed by atoms with van der Waals surface area (Å²) in [5.74, 6) is 0.630. The zero-order valence-electron chi connectivity index (χ0n) is 14.9. The molecule has 0 saturated heterocycles. The Labute approximate surface area is 132 Å². The van der Waals surface area contributed by atoms with Crippen molar-refractivity contribution in [3.63, 3.8) is 0 Å². The van der Waals surface area contributed by atoms with E-state index in [1.165, 1.54) is 51.4 Å². The SMILES string of the molecule is CCCCCCCC(CC(CCC)CC(C)CC)C(=O)O. The van der Waals surface area contributed by atoms with Crippen LogP contribution in [0.4, 0.5) is 0 Å². The molecule has 0 aliphatic carbocycles. The van der Waals surface area contributed by atoms with Crippen molar-refractivity contribution in [2.24, 2.45) is 17.8 Å². The van der Waals surface area contributed by atoms with Crippen LogP contribution >= 0.6 is 0 Å². The maximum atomic E-state index is 11.5. The molecule has 0 radical (unpaired) electrons. The number of aliphatic carboxylic acids is 1. The molecule has 0 aliphatic heterocycles. The number of carboxylic acid groups (broad SMARTS) is 1. The van der Waals surface area contributed by atoms with E-state index in [2.05, 4.69) is 27.7 Å². The first-order valence-corrected chi connectivity index (χ1v) is 9.27. The molecule has 3 unspecified atom stereocenters. The van der Waals surface area contributed by atoms with Crippen molar-refractivity contribution in [2.75, 3.05) is 0 Å². The zero-order chi connectivity index (χ0) is 16.1. The maximum Gasteiger partial charge on any atom is 0.306 e. The Morgan fingerprint density at radius 3 is 2.10 bits per heavy atom. The highest BCUT2D eigenvalue weighted by Crippen LogP contribution is 2.28. The summed E-state index contributed by atoms with van der Waals surface area (Å²) in [4.78, 5) is 11.5. The van der Waals surface area contributed by atoms with Crippen molar-refractivity contribution in [2.45, 2.75) is 98.3 Å². The monoisotopic (exact) mass is 298 g/mol. The lowest BCUT2D eigenvalue weighted by atomic mass is 9.82. The first-order chi connectivity index (χ1) is 10.0. The molecule has 0 fully saturated rings. The van der Waals surface area contributed by atoms with Gasteiger partial charge >= 0.3 is 5.97 Å². The van der Waals surface area contributed by atoms with Crippen LogP contribution in [0.5, 0.6) is 0 Å². The predicted octanol–water partition coefficient (Wildman–Crippen LogP) is 6.29. The van der Waals surface area contributed by atoms with Crippen molar-refractivity contribution in [1.29, 1.82) is 0 Å². The Morgan fingerprint density at radius 2 is 1.57 bits per heavy atom. The van der Waals surface area contributed by atoms with Gasteiger partial charge in [0.2, 0.25) is 0 Å². The van der Waals surface area contributed by atoms with Crippen LogP contribution in [0.25, 0.3) is 0 Å². The quantitative estimate of drug-likeness (QED) is 0.383. The number of carbonyl (C=O) groups is 1. The van der Waals surface area contributed by atoms with Gasteiger partial charge in [0, 0.05) is 0 Å². The van der Waals surface area contributed by atoms with Crippen molar-refractivity contribution >= 4 is 5.97 Å². The minimum atomic E-state index is -0.573. The lowest BCUT2D eigenvalue weighted by Crippen LogP contribution is -2.19. The average Bonchev–Trinajstić information content (AvgIpc) is 2.45. The van der Waals surface area contributed by atoms with Crippen LogP contribution in [0.3, 0.4) is 0 Å². The first kappa shape index (κ1) is 20.5. The zero-order valence-corrected chi connectivity index (χ0v) is 14.9. The summed E-state index contributed by atoms with van der Waals surface area (Å²) < 4.78 is 0. The smallest absolute Gasteiger partial charge is 0.306 e. The Balaban J connectivity index is 4.25. The molecule has 21 heavy (non-hydrogen) atoms. The molecular formula is C19H38O2. The third-order valence-corrected chi connectivity index (χ3v) is 4.75. The summed E-state index contributed by atoms with van der Waals surface area (Å²) >= 11 is 0. The Kier molecular flexibility index (Phi) is 12.8. The highest BCUT2D eigenvalue weighted by Gasteiger charge is 2.22. The van der Waals surface area contributed by atoms with E-state index in [1.807, 2.05) is 0 Å². The van der Waals surface area contributed by atoms with E-state index in [4.69, 9.17) is 0 Å². The topological polar surface area (TPSA) is 37.3 Å². The second-order valence-corrected chi connectivity index (χ2v) is 6.88. The third kappa shape index (κ3) is 10.8. The van der Waals surface area contributed by atoms with Gasteiger partial charge in [-0.15, -0.1) is 0 Å². The van der Waals surface area contributed by atoms with Crippen LogP contribution in [0.2, 0.25) is 0 Å². The molecule has 3 atom stereocenters. The van der Waals surface area contributed by atoms with Crippen LogP contribution < -0.4 is 0 Å². The van der Waals surface area contributed by atoms with Crippen LogP contribution in [-0.2, 0) is 4.79 Å². The fourth-order valence-corrected chi connectivity index (χ4v) is 3.21. The maximum absolute atomic E-state index is 11.5. The molecule has 0 rings (SSSR count). The molecule has 0 aromatic rings. The van der Waals surface area contributed by atoms with E-state index < -0.39 is 5.97 Å². The number of unbranched alkanes of at least 4 members (excludes halogenated alkanes) is 4. The summed E-state index contributed by atoms with van der Waals surface area (Å²) in [6, 6.07) is 0. The lowest BCUT2D eigenvalue weighted by Gasteiger charge is -2.23. The van der Waals surface area contributed by atoms with Gasteiger partial charge in [-0.1, -0.05) is 79.1 Å². The van der Waals surface area contributed by atoms with Gasteiger partial charge in [0.05, 0.1) is 5.92 Å². The molecule has 0 saturated carbocycles. The van der Waals surface area contributed by atoms with Gasteiger partial charge in [0.15, 0.2) is 0 Å². The molecule has 0 amide bonds. The first-order valence-electron chi connectivity index (χ1n) is 9.27. The highest BCUT2D eigenvalue weighted by atomic mass is 16.4. The molecule has 0 spiro atoms. The minimum absolute atomic E-state index is 0.118. The van der Waals surface area contributed by atoms with Crippen molar-refractivity contribution in [1.82, 2.24) is 0 Å². The van der Waals surface area contributed by atoms with E-state index in [-0.39, 0.29) is 5.92 Å². The number of rotatable bonds is 14. The van der Waals surface area contributed by atoms with E-state index in [0.717, 1.165) is 25.2 Å². The molecule has 0 aromatic heterocycles. The summed E-state index contributed by atoms with van der Waals surface area (Å²) in [6.07, 6.45) is 12.6. The molecule has 0 aliphatic rings. The fraction of sp³-hybridized carbons (Fsp3) is 0.947. The van der Waals surface area contributed by atoms with E-state index in [1.54, 1.807) is 0 Å². The summed E-state index contributed by atoms with van der Waals surface area (Å²) in [7, 11) is 0. The van der Waals surface area contributed by atoms with Gasteiger partial charge in [-0.05, 0) is 31.1 Å². The molecule has 0 heterocycles. The largest absolute Gasteiger partial charge is 0.481 e. The molecule has 0 aromatic carbocycles. The minimum Gasteiger partial charge on any atom is -0.481 e.